The number of Topliss-reactive ketones (excluding diaryl/α,β-unsaturated/α-hetero) is 1. The van der Waals surface area contributed by atoms with Gasteiger partial charge in [-0.05, 0) is 25.5 Å². The molecule has 2 amide bonds. The highest BCUT2D eigenvalue weighted by Crippen LogP contribution is 2.18. The van der Waals surface area contributed by atoms with E-state index in [1.807, 2.05) is 0 Å². The first-order valence-electron chi connectivity index (χ1n) is 7.28. The molecule has 0 unspecified atom stereocenters. The van der Waals surface area contributed by atoms with Gasteiger partial charge in [-0.3, -0.25) is 14.4 Å². The SMILES string of the molecule is COCC(=O)N1CC[C@@H](NC(=O)c2ccc(C(C)=O)s2)[C@H](O)C1. The van der Waals surface area contributed by atoms with Crippen LogP contribution in [0, 0.1) is 0 Å². The summed E-state index contributed by atoms with van der Waals surface area (Å²) in [6.45, 7) is 2.04. The summed E-state index contributed by atoms with van der Waals surface area (Å²) in [7, 11) is 1.44. The smallest absolute Gasteiger partial charge is 0.261 e. The molecule has 0 aromatic carbocycles. The Hall–Kier alpha value is -1.77. The largest absolute Gasteiger partial charge is 0.389 e. The number of nitrogens with zero attached hydrogens (tertiary/aromatic N) is 1. The van der Waals surface area contributed by atoms with Crippen molar-refractivity contribution in [3.8, 4) is 0 Å². The van der Waals surface area contributed by atoms with E-state index in [4.69, 9.17) is 4.74 Å². The topological polar surface area (TPSA) is 95.9 Å². The van der Waals surface area contributed by atoms with Crippen LogP contribution in [0.25, 0.3) is 0 Å². The molecular formula is C15H20N2O5S. The van der Waals surface area contributed by atoms with Crippen molar-refractivity contribution in [2.45, 2.75) is 25.5 Å². The zero-order valence-corrected chi connectivity index (χ0v) is 13.9. The third-order valence-electron chi connectivity index (χ3n) is 3.70. The average molecular weight is 340 g/mol. The van der Waals surface area contributed by atoms with Crippen LogP contribution in [-0.4, -0.2) is 66.6 Å². The number of β-amino-alcohol motifs (C(OH)–C–C–N with tert-alkyl or cyclic N) is 1. The molecule has 0 spiro atoms. The quantitative estimate of drug-likeness (QED) is 0.751. The number of thiophene rings is 1. The fraction of sp³-hybridized carbons (Fsp3) is 0.533. The molecule has 1 saturated heterocycles. The summed E-state index contributed by atoms with van der Waals surface area (Å²) in [5.41, 5.74) is 0. The Labute approximate surface area is 138 Å². The second-order valence-electron chi connectivity index (χ2n) is 5.43. The molecule has 0 saturated carbocycles. The van der Waals surface area contributed by atoms with Crippen molar-refractivity contribution < 1.29 is 24.2 Å². The van der Waals surface area contributed by atoms with E-state index in [-0.39, 0.29) is 30.7 Å². The van der Waals surface area contributed by atoms with Gasteiger partial charge in [0.15, 0.2) is 5.78 Å². The first-order valence-corrected chi connectivity index (χ1v) is 8.10. The molecule has 1 aliphatic heterocycles. The lowest BCUT2D eigenvalue weighted by atomic mass is 10.0. The van der Waals surface area contributed by atoms with Crippen molar-refractivity contribution in [2.24, 2.45) is 0 Å². The number of carbonyl (C=O) groups is 3. The molecule has 126 valence electrons. The lowest BCUT2D eigenvalue weighted by molar-refractivity contribution is -0.138. The minimum absolute atomic E-state index is 0.0211. The second-order valence-corrected chi connectivity index (χ2v) is 6.51. The maximum atomic E-state index is 12.2. The third-order valence-corrected chi connectivity index (χ3v) is 4.88. The van der Waals surface area contributed by atoms with Gasteiger partial charge in [-0.2, -0.15) is 0 Å². The van der Waals surface area contributed by atoms with Crippen LogP contribution in [0.3, 0.4) is 0 Å². The van der Waals surface area contributed by atoms with Crippen LogP contribution in [0.15, 0.2) is 12.1 Å². The number of hydrogen-bond acceptors (Lipinski definition) is 6. The van der Waals surface area contributed by atoms with E-state index in [0.29, 0.717) is 22.7 Å². The molecule has 1 aromatic heterocycles. The number of methoxy groups -OCH3 is 1. The van der Waals surface area contributed by atoms with E-state index in [1.165, 1.54) is 18.9 Å². The van der Waals surface area contributed by atoms with E-state index in [1.54, 1.807) is 12.1 Å². The molecule has 2 N–H and O–H groups in total. The summed E-state index contributed by atoms with van der Waals surface area (Å²) in [5.74, 6) is -0.581. The van der Waals surface area contributed by atoms with Gasteiger partial charge < -0.3 is 20.1 Å². The summed E-state index contributed by atoms with van der Waals surface area (Å²) in [6, 6.07) is 2.79. The molecule has 7 nitrogen and oxygen atoms in total. The van der Waals surface area contributed by atoms with E-state index in [0.717, 1.165) is 11.3 Å². The summed E-state index contributed by atoms with van der Waals surface area (Å²) in [4.78, 5) is 37.7. The number of ketones is 1. The van der Waals surface area contributed by atoms with Crippen LogP contribution in [0.1, 0.15) is 32.7 Å². The Bertz CT molecular complexity index is 600. The summed E-state index contributed by atoms with van der Waals surface area (Å²) in [5, 5.41) is 12.9. The molecule has 1 aromatic rings. The van der Waals surface area contributed by atoms with Crippen molar-refractivity contribution in [2.75, 3.05) is 26.8 Å². The minimum Gasteiger partial charge on any atom is -0.389 e. The van der Waals surface area contributed by atoms with E-state index in [2.05, 4.69) is 5.32 Å². The van der Waals surface area contributed by atoms with Crippen molar-refractivity contribution in [1.82, 2.24) is 10.2 Å². The molecule has 2 atom stereocenters. The maximum Gasteiger partial charge on any atom is 0.261 e. The maximum absolute atomic E-state index is 12.2. The molecule has 0 radical (unpaired) electrons. The number of aliphatic hydroxyl groups excluding tert-OH is 1. The van der Waals surface area contributed by atoms with Gasteiger partial charge in [0.25, 0.3) is 5.91 Å². The number of nitrogens with one attached hydrogen (secondary N) is 1. The molecule has 0 bridgehead atoms. The number of rotatable bonds is 5. The zero-order valence-electron chi connectivity index (χ0n) is 13.1. The van der Waals surface area contributed by atoms with Crippen molar-refractivity contribution in [3.63, 3.8) is 0 Å². The fourth-order valence-corrected chi connectivity index (χ4v) is 3.23. The Morgan fingerprint density at radius 3 is 2.65 bits per heavy atom. The fourth-order valence-electron chi connectivity index (χ4n) is 2.43. The molecule has 23 heavy (non-hydrogen) atoms. The van der Waals surface area contributed by atoms with Crippen LogP contribution in [-0.2, 0) is 9.53 Å². The second kappa shape index (κ2) is 7.67. The van der Waals surface area contributed by atoms with Gasteiger partial charge in [-0.15, -0.1) is 11.3 Å². The van der Waals surface area contributed by atoms with Crippen LogP contribution in [0.5, 0.6) is 0 Å². The van der Waals surface area contributed by atoms with Gasteiger partial charge in [-0.25, -0.2) is 0 Å². The van der Waals surface area contributed by atoms with Crippen LogP contribution < -0.4 is 5.32 Å². The monoisotopic (exact) mass is 340 g/mol. The zero-order chi connectivity index (χ0) is 17.0. The molecule has 8 heteroatoms. The third kappa shape index (κ3) is 4.37. The van der Waals surface area contributed by atoms with Gasteiger partial charge in [-0.1, -0.05) is 0 Å². The van der Waals surface area contributed by atoms with Gasteiger partial charge >= 0.3 is 0 Å². The van der Waals surface area contributed by atoms with Crippen LogP contribution in [0.4, 0.5) is 0 Å². The molecule has 1 fully saturated rings. The predicted octanol–water partition coefficient (Wildman–Crippen LogP) is 0.289. The summed E-state index contributed by atoms with van der Waals surface area (Å²) in [6.07, 6.45) is -0.367. The lowest BCUT2D eigenvalue weighted by Crippen LogP contribution is -2.55. The van der Waals surface area contributed by atoms with E-state index < -0.39 is 12.1 Å². The average Bonchev–Trinajstić information content (AvgIpc) is 2.99. The number of piperidine rings is 1. The van der Waals surface area contributed by atoms with Gasteiger partial charge in [0.1, 0.15) is 6.61 Å². The lowest BCUT2D eigenvalue weighted by Gasteiger charge is -2.36. The minimum atomic E-state index is -0.833. The number of ether oxygens (including phenoxy) is 1. The molecular weight excluding hydrogens is 320 g/mol. The van der Waals surface area contributed by atoms with E-state index >= 15 is 0 Å². The first-order chi connectivity index (χ1) is 10.9. The number of hydrogen-bond donors (Lipinski definition) is 2. The molecule has 2 heterocycles. The number of amides is 2. The summed E-state index contributed by atoms with van der Waals surface area (Å²) < 4.78 is 4.79. The van der Waals surface area contributed by atoms with Gasteiger partial charge in [0, 0.05) is 20.2 Å². The highest BCUT2D eigenvalue weighted by atomic mass is 32.1. The van der Waals surface area contributed by atoms with Crippen LogP contribution >= 0.6 is 11.3 Å². The summed E-state index contributed by atoms with van der Waals surface area (Å²) >= 11 is 1.13. The van der Waals surface area contributed by atoms with Gasteiger partial charge in [0.2, 0.25) is 5.91 Å². The van der Waals surface area contributed by atoms with Crippen LogP contribution in [0.2, 0.25) is 0 Å². The van der Waals surface area contributed by atoms with Crippen molar-refractivity contribution >= 4 is 28.9 Å². The predicted molar refractivity (Wildman–Crippen MR) is 84.7 cm³/mol. The molecule has 2 rings (SSSR count). The molecule has 0 aliphatic carbocycles. The Morgan fingerprint density at radius 2 is 2.09 bits per heavy atom. The van der Waals surface area contributed by atoms with Crippen molar-refractivity contribution in [3.05, 3.63) is 21.9 Å². The number of carbonyl (C=O) groups excluding carboxylic acids is 3. The number of likely N-dealkylation sites (tertiary alicyclic amines) is 1. The highest BCUT2D eigenvalue weighted by Gasteiger charge is 2.31. The van der Waals surface area contributed by atoms with Gasteiger partial charge in [0.05, 0.1) is 21.9 Å². The first kappa shape index (κ1) is 17.6. The Balaban J connectivity index is 1.92. The van der Waals surface area contributed by atoms with Crippen molar-refractivity contribution in [1.29, 1.82) is 0 Å². The Kier molecular flexibility index (Phi) is 5.86. The number of aliphatic hydroxyl groups is 1. The molecule has 1 aliphatic rings. The normalized spacial score (nSPS) is 21.1. The Morgan fingerprint density at radius 1 is 1.39 bits per heavy atom. The standard InChI is InChI=1S/C15H20N2O5S/c1-9(18)12-3-4-13(23-12)15(21)16-10-5-6-17(7-11(10)19)14(20)8-22-2/h3-4,10-11,19H,5-8H2,1-2H3,(H,16,21)/t10-,11-/m1/s1. The van der Waals surface area contributed by atoms with E-state index in [9.17, 15) is 19.5 Å². The highest BCUT2D eigenvalue weighted by molar-refractivity contribution is 7.15.